The van der Waals surface area contributed by atoms with Crippen LogP contribution in [-0.4, -0.2) is 87.2 Å². The van der Waals surface area contributed by atoms with Crippen LogP contribution in [0.15, 0.2) is 71.3 Å². The molecule has 54 heavy (non-hydrogen) atoms. The van der Waals surface area contributed by atoms with Crippen molar-refractivity contribution in [2.75, 3.05) is 40.4 Å². The van der Waals surface area contributed by atoms with Gasteiger partial charge < -0.3 is 24.1 Å². The molecular formula is C42H42N6O6. The van der Waals surface area contributed by atoms with Crippen LogP contribution in [0.25, 0.3) is 50.3 Å². The van der Waals surface area contributed by atoms with Crippen molar-refractivity contribution >= 4 is 28.0 Å². The SMILES string of the molecule is COc1cc(-n2ncc3c(-c4cccc(-c5nc6cc(CN7CC[C@](C)(C(=O)O)C7)cc(C#N)c6o5)c4C)cccc32)cc(OC)c1CN1CC[C@@H](O)C1. The lowest BCUT2D eigenvalue weighted by atomic mass is 9.90. The molecule has 0 spiro atoms. The third kappa shape index (κ3) is 6.24. The molecule has 0 saturated carbocycles. The van der Waals surface area contributed by atoms with Gasteiger partial charge in [-0.1, -0.05) is 24.3 Å². The number of nitriles is 1. The summed E-state index contributed by atoms with van der Waals surface area (Å²) < 4.78 is 19.9. The fourth-order valence-corrected chi connectivity index (χ4v) is 8.08. The molecule has 0 radical (unpaired) electrons. The molecule has 2 atom stereocenters. The fraction of sp³-hybridized carbons (Fsp3) is 0.333. The number of β-amino-alcohol motifs (C(OH)–C–C–N with tert-alkyl or cyclic N) is 1. The van der Waals surface area contributed by atoms with E-state index in [9.17, 15) is 20.3 Å². The minimum atomic E-state index is -0.787. The van der Waals surface area contributed by atoms with Gasteiger partial charge in [-0.05, 0) is 79.8 Å². The van der Waals surface area contributed by atoms with Gasteiger partial charge in [-0.25, -0.2) is 9.67 Å². The van der Waals surface area contributed by atoms with Crippen molar-refractivity contribution in [2.45, 2.75) is 45.9 Å². The molecule has 0 aliphatic carbocycles. The van der Waals surface area contributed by atoms with E-state index in [1.54, 1.807) is 21.1 Å². The highest BCUT2D eigenvalue weighted by molar-refractivity contribution is 5.97. The Labute approximate surface area is 312 Å². The van der Waals surface area contributed by atoms with Crippen molar-refractivity contribution in [3.63, 3.8) is 0 Å². The highest BCUT2D eigenvalue weighted by atomic mass is 16.5. The van der Waals surface area contributed by atoms with Gasteiger partial charge in [0.1, 0.15) is 23.1 Å². The number of aliphatic hydroxyl groups is 1. The molecule has 2 aliphatic rings. The van der Waals surface area contributed by atoms with Crippen LogP contribution in [-0.2, 0) is 17.9 Å². The summed E-state index contributed by atoms with van der Waals surface area (Å²) in [7, 11) is 3.30. The van der Waals surface area contributed by atoms with Gasteiger partial charge in [0.05, 0.1) is 54.3 Å². The van der Waals surface area contributed by atoms with Gasteiger partial charge in [0.2, 0.25) is 5.89 Å². The molecule has 2 aliphatic heterocycles. The van der Waals surface area contributed by atoms with Crippen LogP contribution in [0.3, 0.4) is 0 Å². The number of oxazole rings is 1. The fourth-order valence-electron chi connectivity index (χ4n) is 8.08. The summed E-state index contributed by atoms with van der Waals surface area (Å²) in [6, 6.07) is 22.1. The number of methoxy groups -OCH3 is 2. The highest BCUT2D eigenvalue weighted by Crippen LogP contribution is 2.39. The second kappa shape index (κ2) is 13.9. The number of hydrogen-bond acceptors (Lipinski definition) is 10. The molecule has 6 aromatic rings. The van der Waals surface area contributed by atoms with Crippen molar-refractivity contribution in [3.05, 3.63) is 89.1 Å². The quantitative estimate of drug-likeness (QED) is 0.158. The second-order valence-electron chi connectivity index (χ2n) is 14.7. The molecule has 12 heteroatoms. The minimum Gasteiger partial charge on any atom is -0.496 e. The normalized spacial score (nSPS) is 19.1. The Hall–Kier alpha value is -5.74. The van der Waals surface area contributed by atoms with Gasteiger partial charge in [0.25, 0.3) is 0 Å². The predicted molar refractivity (Wildman–Crippen MR) is 204 cm³/mol. The molecule has 12 nitrogen and oxygen atoms in total. The molecule has 2 N–H and O–H groups in total. The molecule has 4 heterocycles. The molecule has 0 amide bonds. The van der Waals surface area contributed by atoms with Crippen molar-refractivity contribution in [1.82, 2.24) is 24.6 Å². The van der Waals surface area contributed by atoms with E-state index in [1.807, 2.05) is 66.3 Å². The van der Waals surface area contributed by atoms with Crippen LogP contribution in [0.5, 0.6) is 11.5 Å². The number of hydrogen-bond donors (Lipinski definition) is 2. The third-order valence-corrected chi connectivity index (χ3v) is 11.1. The van der Waals surface area contributed by atoms with Crippen LogP contribution >= 0.6 is 0 Å². The van der Waals surface area contributed by atoms with Crippen molar-refractivity contribution in [1.29, 1.82) is 5.26 Å². The number of carbonyl (C=O) groups is 1. The first kappa shape index (κ1) is 35.3. The first-order valence-corrected chi connectivity index (χ1v) is 18.1. The number of likely N-dealkylation sites (tertiary alicyclic amines) is 2. The zero-order valence-corrected chi connectivity index (χ0v) is 30.8. The molecular weight excluding hydrogens is 684 g/mol. The zero-order valence-electron chi connectivity index (χ0n) is 30.8. The van der Waals surface area contributed by atoms with Crippen molar-refractivity contribution in [3.8, 4) is 45.8 Å². The molecule has 0 unspecified atom stereocenters. The lowest BCUT2D eigenvalue weighted by molar-refractivity contribution is -0.147. The maximum atomic E-state index is 11.8. The molecule has 276 valence electrons. The molecule has 0 bridgehead atoms. The molecule has 2 aromatic heterocycles. The van der Waals surface area contributed by atoms with E-state index in [0.29, 0.717) is 73.2 Å². The lowest BCUT2D eigenvalue weighted by Crippen LogP contribution is -2.31. The first-order valence-electron chi connectivity index (χ1n) is 18.1. The van der Waals surface area contributed by atoms with Gasteiger partial charge in [0, 0.05) is 55.8 Å². The summed E-state index contributed by atoms with van der Waals surface area (Å²) >= 11 is 0. The number of nitrogens with zero attached hydrogens (tertiary/aromatic N) is 6. The minimum absolute atomic E-state index is 0.318. The number of carboxylic acid groups (broad SMARTS) is 1. The van der Waals surface area contributed by atoms with Gasteiger partial charge in [0.15, 0.2) is 5.58 Å². The zero-order chi connectivity index (χ0) is 37.7. The topological polar surface area (TPSA) is 150 Å². The Bertz CT molecular complexity index is 2440. The Balaban J connectivity index is 1.12. The number of rotatable bonds is 10. The number of fused-ring (bicyclic) bond motifs is 2. The maximum absolute atomic E-state index is 11.8. The van der Waals surface area contributed by atoms with Crippen LogP contribution in [0.2, 0.25) is 0 Å². The number of aliphatic carboxylic acids is 1. The van der Waals surface area contributed by atoms with Gasteiger partial charge in [-0.15, -0.1) is 0 Å². The number of aromatic nitrogens is 3. The lowest BCUT2D eigenvalue weighted by Gasteiger charge is -2.20. The van der Waals surface area contributed by atoms with Crippen LogP contribution in [0.4, 0.5) is 0 Å². The average Bonchev–Trinajstić information content (AvgIpc) is 3.98. The Morgan fingerprint density at radius 2 is 1.76 bits per heavy atom. The summed E-state index contributed by atoms with van der Waals surface area (Å²) in [6.45, 7) is 7.50. The Kier molecular flexibility index (Phi) is 9.09. The Morgan fingerprint density at radius 1 is 1.02 bits per heavy atom. The van der Waals surface area contributed by atoms with Crippen LogP contribution in [0.1, 0.15) is 42.0 Å². The van der Waals surface area contributed by atoms with Gasteiger partial charge in [-0.2, -0.15) is 10.4 Å². The summed E-state index contributed by atoms with van der Waals surface area (Å²) in [6.07, 6.45) is 2.88. The Morgan fingerprint density at radius 3 is 2.44 bits per heavy atom. The predicted octanol–water partition coefficient (Wildman–Crippen LogP) is 6.56. The van der Waals surface area contributed by atoms with Crippen molar-refractivity contribution < 1.29 is 28.9 Å². The smallest absolute Gasteiger partial charge is 0.310 e. The summed E-state index contributed by atoms with van der Waals surface area (Å²) in [5.74, 6) is 1.01. The number of aliphatic hydroxyl groups excluding tert-OH is 1. The second-order valence-corrected chi connectivity index (χ2v) is 14.7. The van der Waals surface area contributed by atoms with E-state index in [1.165, 1.54) is 0 Å². The van der Waals surface area contributed by atoms with Crippen LogP contribution in [0, 0.1) is 23.7 Å². The molecule has 2 saturated heterocycles. The first-order chi connectivity index (χ1) is 26.1. The molecule has 4 aromatic carbocycles. The average molecular weight is 727 g/mol. The summed E-state index contributed by atoms with van der Waals surface area (Å²) in [4.78, 5) is 21.0. The van der Waals surface area contributed by atoms with E-state index in [-0.39, 0.29) is 6.10 Å². The maximum Gasteiger partial charge on any atom is 0.310 e. The van der Waals surface area contributed by atoms with Crippen molar-refractivity contribution in [2.24, 2.45) is 5.41 Å². The molecule has 8 rings (SSSR count). The monoisotopic (exact) mass is 726 g/mol. The van der Waals surface area contributed by atoms with E-state index in [0.717, 1.165) is 62.9 Å². The van der Waals surface area contributed by atoms with Crippen LogP contribution < -0.4 is 9.47 Å². The van der Waals surface area contributed by atoms with Gasteiger partial charge >= 0.3 is 5.97 Å². The summed E-state index contributed by atoms with van der Waals surface area (Å²) in [5, 5.41) is 35.6. The highest BCUT2D eigenvalue weighted by Gasteiger charge is 2.40. The van der Waals surface area contributed by atoms with Gasteiger partial charge in [-0.3, -0.25) is 14.6 Å². The third-order valence-electron chi connectivity index (χ3n) is 11.1. The van der Waals surface area contributed by atoms with E-state index in [4.69, 9.17) is 24.0 Å². The van der Waals surface area contributed by atoms with E-state index in [2.05, 4.69) is 28.0 Å². The molecule has 2 fully saturated rings. The number of ether oxygens (including phenoxy) is 2. The largest absolute Gasteiger partial charge is 0.496 e. The number of carboxylic acids is 1. The van der Waals surface area contributed by atoms with E-state index < -0.39 is 11.4 Å². The summed E-state index contributed by atoms with van der Waals surface area (Å²) in [5.41, 5.74) is 7.92. The van der Waals surface area contributed by atoms with E-state index >= 15 is 0 Å². The standard InChI is InChI=1S/C42H42N6O6/c1-25-30(7-5-8-31(25)40-45-35-16-26(15-27(19-43)39(35)54-40)21-47-14-12-42(2,24-47)41(50)51)32-9-6-10-36-33(32)20-44-48(36)28-17-37(52-3)34(38(18-28)53-4)23-46-13-11-29(49)22-46/h5-10,15-18,20,29,49H,11-14,21-24H2,1-4H3,(H,50,51)/t29-,42+/m1/s1. The number of benzene rings is 4.